The summed E-state index contributed by atoms with van der Waals surface area (Å²) in [6.07, 6.45) is 0. The van der Waals surface area contributed by atoms with Crippen molar-refractivity contribution in [2.45, 2.75) is 0 Å². The number of thiophene rings is 2. The third-order valence-corrected chi connectivity index (χ3v) is 24.7. The summed E-state index contributed by atoms with van der Waals surface area (Å²) in [5.41, 5.74) is 27.6. The first-order chi connectivity index (χ1) is 58.5. The second kappa shape index (κ2) is 31.0. The normalized spacial score (nSPS) is 11.4. The molecule has 0 amide bonds. The Morgan fingerprint density at radius 2 is 0.458 bits per heavy atom. The molecule has 0 aliphatic rings. The van der Waals surface area contributed by atoms with E-state index in [-0.39, 0.29) is 0 Å². The van der Waals surface area contributed by atoms with E-state index in [1.807, 2.05) is 83.3 Å². The molecule has 0 fully saturated rings. The zero-order valence-corrected chi connectivity index (χ0v) is 65.5. The average molecular weight is 1540 g/mol. The van der Waals surface area contributed by atoms with Crippen molar-refractivity contribution in [2.24, 2.45) is 0 Å². The average Bonchev–Trinajstić information content (AvgIpc) is 1.56. The quantitative estimate of drug-likeness (QED) is 0.108. The van der Waals surface area contributed by atoms with Crippen LogP contribution in [-0.4, -0.2) is 29.9 Å². The predicted molar refractivity (Wildman–Crippen MR) is 497 cm³/mol. The number of rotatable bonds is 14. The summed E-state index contributed by atoms with van der Waals surface area (Å²) in [7, 11) is 0. The van der Waals surface area contributed by atoms with Crippen LogP contribution in [0.15, 0.2) is 425 Å². The van der Waals surface area contributed by atoms with E-state index in [0.29, 0.717) is 11.6 Å². The third kappa shape index (κ3) is 13.7. The molecule has 0 unspecified atom stereocenters. The first-order valence-corrected chi connectivity index (χ1v) is 41.3. The van der Waals surface area contributed by atoms with Gasteiger partial charge >= 0.3 is 0 Å². The number of aromatic nitrogens is 6. The van der Waals surface area contributed by atoms with Crippen molar-refractivity contribution in [3.8, 4) is 156 Å². The van der Waals surface area contributed by atoms with Crippen molar-refractivity contribution < 1.29 is 0 Å². The molecule has 0 aliphatic carbocycles. The molecule has 0 N–H and O–H groups in total. The lowest BCUT2D eigenvalue weighted by Gasteiger charge is -2.13. The minimum absolute atomic E-state index is 0.704. The summed E-state index contributed by atoms with van der Waals surface area (Å²) in [5, 5.41) is 9.48. The summed E-state index contributed by atoms with van der Waals surface area (Å²) in [6.45, 7) is 0. The van der Waals surface area contributed by atoms with Gasteiger partial charge in [-0.2, -0.15) is 0 Å². The standard InChI is InChI=1S/2C55H35N3S/c1-5-17-37(18-6-1)48-35-49(58-55(57-48)40-23-11-4-12-24-40)44-27-15-26-42(32-44)43-30-31-47-46(34-43)54-51(52(56-47)45-29-28-36-16-13-14-25-41(36)33-45)50(38-19-7-2-8-20-38)53(59-54)39-21-9-3-10-22-39;1-5-16-38(17-6-1)48-35-49(58-55(57-48)42-22-11-4-12-23-42)39-28-25-37(26-29-39)44-31-32-47-46(34-44)54-51(52(56-47)45-30-27-36-15-13-14-24-43(36)33-45)50(40-18-7-2-8-19-40)53(59-54)41-20-9-3-10-21-41/h2*1-35H. The SMILES string of the molecule is c1ccc(-c2cc(-c3ccc(-c4ccc5nc(-c6ccc7ccccc7c6)c6c(-c7ccccc7)c(-c7ccccc7)sc6c5c4)cc3)nc(-c3ccccc3)n2)cc1.c1ccc(-c2cc(-c3cccc(-c4ccc5nc(-c6ccc7ccccc7c6)c6c(-c7ccccc7)c(-c7ccccc7)sc6c5c4)c3)nc(-c3ccccc3)n2)cc1. The molecular weight excluding hydrogens is 1470 g/mol. The van der Waals surface area contributed by atoms with Gasteiger partial charge < -0.3 is 0 Å². The summed E-state index contributed by atoms with van der Waals surface area (Å²) < 4.78 is 2.46. The van der Waals surface area contributed by atoms with Gasteiger partial charge in [-0.3, -0.25) is 0 Å². The molecular formula is C110H70N6S2. The molecule has 552 valence electrons. The highest BCUT2D eigenvalue weighted by Crippen LogP contribution is 2.53. The van der Waals surface area contributed by atoms with Gasteiger partial charge in [0.05, 0.1) is 45.2 Å². The monoisotopic (exact) mass is 1540 g/mol. The number of hydrogen-bond acceptors (Lipinski definition) is 8. The molecule has 0 spiro atoms. The van der Waals surface area contributed by atoms with Gasteiger partial charge in [-0.05, 0) is 121 Å². The van der Waals surface area contributed by atoms with E-state index in [1.54, 1.807) is 0 Å². The lowest BCUT2D eigenvalue weighted by molar-refractivity contribution is 1.18. The Labute approximate surface area is 691 Å². The van der Waals surface area contributed by atoms with Crippen molar-refractivity contribution in [3.63, 3.8) is 0 Å². The Bertz CT molecular complexity index is 7380. The molecule has 6 heterocycles. The van der Waals surface area contributed by atoms with Crippen LogP contribution in [0.5, 0.6) is 0 Å². The van der Waals surface area contributed by atoms with Gasteiger partial charge in [-0.15, -0.1) is 22.7 Å². The summed E-state index contributed by atoms with van der Waals surface area (Å²) in [5.74, 6) is 1.41. The largest absolute Gasteiger partial charge is 0.247 e. The van der Waals surface area contributed by atoms with E-state index in [0.717, 1.165) is 123 Å². The second-order valence-corrected chi connectivity index (χ2v) is 31.6. The molecule has 0 saturated heterocycles. The van der Waals surface area contributed by atoms with Gasteiger partial charge in [0, 0.05) is 96.3 Å². The second-order valence-electron chi connectivity index (χ2n) is 29.5. The van der Waals surface area contributed by atoms with Crippen molar-refractivity contribution in [2.75, 3.05) is 0 Å². The molecule has 0 aliphatic heterocycles. The van der Waals surface area contributed by atoms with Crippen LogP contribution < -0.4 is 0 Å². The molecule has 0 bridgehead atoms. The van der Waals surface area contributed by atoms with E-state index in [2.05, 4.69) is 364 Å². The Hall–Kier alpha value is -15.1. The molecule has 22 rings (SSSR count). The van der Waals surface area contributed by atoms with E-state index in [1.165, 1.54) is 84.9 Å². The van der Waals surface area contributed by atoms with Gasteiger partial charge in [0.15, 0.2) is 11.6 Å². The fourth-order valence-corrected chi connectivity index (χ4v) is 19.0. The molecule has 6 nitrogen and oxygen atoms in total. The smallest absolute Gasteiger partial charge is 0.160 e. The highest BCUT2D eigenvalue weighted by molar-refractivity contribution is 7.24. The minimum atomic E-state index is 0.704. The lowest BCUT2D eigenvalue weighted by atomic mass is 9.93. The number of nitrogens with zero attached hydrogens (tertiary/aromatic N) is 6. The van der Waals surface area contributed by atoms with Crippen LogP contribution in [0.2, 0.25) is 0 Å². The fourth-order valence-electron chi connectivity index (χ4n) is 16.3. The highest BCUT2D eigenvalue weighted by atomic mass is 32.1. The Balaban J connectivity index is 0.000000147. The van der Waals surface area contributed by atoms with Crippen LogP contribution in [-0.2, 0) is 0 Å². The highest BCUT2D eigenvalue weighted by Gasteiger charge is 2.27. The zero-order valence-electron chi connectivity index (χ0n) is 63.9. The first-order valence-electron chi connectivity index (χ1n) is 39.7. The van der Waals surface area contributed by atoms with Gasteiger partial charge in [-0.1, -0.05) is 370 Å². The number of fused-ring (bicyclic) bond motifs is 8. The Morgan fingerprint density at radius 1 is 0.169 bits per heavy atom. The number of hydrogen-bond donors (Lipinski definition) is 0. The van der Waals surface area contributed by atoms with Crippen molar-refractivity contribution in [3.05, 3.63) is 425 Å². The maximum absolute atomic E-state index is 5.54. The van der Waals surface area contributed by atoms with E-state index < -0.39 is 0 Å². The Morgan fingerprint density at radius 3 is 0.864 bits per heavy atom. The molecule has 6 aromatic heterocycles. The summed E-state index contributed by atoms with van der Waals surface area (Å²) in [6, 6.07) is 150. The lowest BCUT2D eigenvalue weighted by Crippen LogP contribution is -1.96. The first kappa shape index (κ1) is 70.8. The molecule has 0 atom stereocenters. The van der Waals surface area contributed by atoms with Crippen LogP contribution in [0.3, 0.4) is 0 Å². The van der Waals surface area contributed by atoms with Crippen molar-refractivity contribution in [1.82, 2.24) is 29.9 Å². The molecule has 22 aromatic rings. The van der Waals surface area contributed by atoms with E-state index >= 15 is 0 Å². The van der Waals surface area contributed by atoms with Gasteiger partial charge in [0.25, 0.3) is 0 Å². The topological polar surface area (TPSA) is 77.3 Å². The molecule has 16 aromatic carbocycles. The Kier molecular flexibility index (Phi) is 18.6. The van der Waals surface area contributed by atoms with Gasteiger partial charge in [-0.25, -0.2) is 29.9 Å². The van der Waals surface area contributed by atoms with Crippen LogP contribution >= 0.6 is 22.7 Å². The van der Waals surface area contributed by atoms with Crippen LogP contribution in [0, 0.1) is 0 Å². The summed E-state index contributed by atoms with van der Waals surface area (Å²) in [4.78, 5) is 33.8. The maximum atomic E-state index is 5.54. The molecule has 118 heavy (non-hydrogen) atoms. The maximum Gasteiger partial charge on any atom is 0.160 e. The zero-order chi connectivity index (χ0) is 78.2. The van der Waals surface area contributed by atoms with Gasteiger partial charge in [0.1, 0.15) is 0 Å². The fraction of sp³-hybridized carbons (Fsp3) is 0. The van der Waals surface area contributed by atoms with E-state index in [4.69, 9.17) is 29.9 Å². The molecule has 0 radical (unpaired) electrons. The minimum Gasteiger partial charge on any atom is -0.247 e. The molecule has 8 heteroatoms. The van der Waals surface area contributed by atoms with Gasteiger partial charge in [0.2, 0.25) is 0 Å². The predicted octanol–water partition coefficient (Wildman–Crippen LogP) is 30.1. The van der Waals surface area contributed by atoms with Crippen LogP contribution in [0.4, 0.5) is 0 Å². The molecule has 0 saturated carbocycles. The van der Waals surface area contributed by atoms with E-state index in [9.17, 15) is 0 Å². The van der Waals surface area contributed by atoms with Crippen LogP contribution in [0.1, 0.15) is 0 Å². The van der Waals surface area contributed by atoms with Crippen molar-refractivity contribution >= 4 is 86.2 Å². The number of benzene rings is 16. The third-order valence-electron chi connectivity index (χ3n) is 22.1. The van der Waals surface area contributed by atoms with Crippen molar-refractivity contribution in [1.29, 1.82) is 0 Å². The number of pyridine rings is 2. The summed E-state index contributed by atoms with van der Waals surface area (Å²) >= 11 is 3.72. The van der Waals surface area contributed by atoms with Crippen LogP contribution in [0.25, 0.3) is 219 Å².